The molecule has 0 spiro atoms. The van der Waals surface area contributed by atoms with Crippen molar-refractivity contribution in [1.82, 2.24) is 10.2 Å². The van der Waals surface area contributed by atoms with E-state index >= 15 is 0 Å². The molecule has 0 fully saturated rings. The lowest BCUT2D eigenvalue weighted by atomic mass is 10.2. The van der Waals surface area contributed by atoms with Crippen LogP contribution in [-0.4, -0.2) is 30.3 Å². The minimum atomic E-state index is -0.370. The number of nitrogens with zero attached hydrogens (tertiary/aromatic N) is 2. The molecule has 0 atom stereocenters. The summed E-state index contributed by atoms with van der Waals surface area (Å²) in [6, 6.07) is 6.66. The van der Waals surface area contributed by atoms with E-state index in [1.54, 1.807) is 31.3 Å². The number of aromatic nitrogens is 2. The number of carbonyl (C=O) groups excluding carboxylic acids is 1. The average Bonchev–Trinajstić information content (AvgIpc) is 2.50. The van der Waals surface area contributed by atoms with E-state index in [0.29, 0.717) is 22.3 Å². The summed E-state index contributed by atoms with van der Waals surface area (Å²) in [6.07, 6.45) is 0. The lowest BCUT2D eigenvalue weighted by Gasteiger charge is -2.12. The molecular weight excluding hydrogens is 292 g/mol. The predicted molar refractivity (Wildman–Crippen MR) is 82.3 cm³/mol. The molecule has 2 aromatic rings. The Labute approximate surface area is 127 Å². The van der Waals surface area contributed by atoms with Crippen LogP contribution in [-0.2, 0) is 0 Å². The highest BCUT2D eigenvalue weighted by Crippen LogP contribution is 2.31. The van der Waals surface area contributed by atoms with E-state index in [-0.39, 0.29) is 11.6 Å². The van der Waals surface area contributed by atoms with Crippen molar-refractivity contribution in [2.75, 3.05) is 24.8 Å². The number of halogens is 1. The zero-order chi connectivity index (χ0) is 15.4. The van der Waals surface area contributed by atoms with Crippen LogP contribution in [0.2, 0.25) is 5.02 Å². The molecule has 2 N–H and O–H groups in total. The number of rotatable bonds is 4. The normalized spacial score (nSPS) is 10.1. The van der Waals surface area contributed by atoms with E-state index < -0.39 is 0 Å². The number of benzene rings is 1. The topological polar surface area (TPSA) is 76.1 Å². The number of amides is 1. The molecule has 110 valence electrons. The second-order valence-electron chi connectivity index (χ2n) is 4.31. The van der Waals surface area contributed by atoms with Crippen LogP contribution >= 0.6 is 11.6 Å². The Balaban J connectivity index is 2.24. The fourth-order valence-corrected chi connectivity index (χ4v) is 1.86. The second-order valence-corrected chi connectivity index (χ2v) is 4.72. The molecule has 0 saturated carbocycles. The van der Waals surface area contributed by atoms with Crippen LogP contribution < -0.4 is 15.4 Å². The van der Waals surface area contributed by atoms with Crippen LogP contribution in [0.1, 0.15) is 16.1 Å². The molecule has 2 rings (SSSR count). The first kappa shape index (κ1) is 15.1. The van der Waals surface area contributed by atoms with E-state index in [9.17, 15) is 4.79 Å². The summed E-state index contributed by atoms with van der Waals surface area (Å²) in [7, 11) is 3.24. The van der Waals surface area contributed by atoms with E-state index in [1.165, 1.54) is 7.11 Å². The Bertz CT molecular complexity index is 659. The molecule has 21 heavy (non-hydrogen) atoms. The summed E-state index contributed by atoms with van der Waals surface area (Å²) in [5.74, 6) is 0.704. The van der Waals surface area contributed by atoms with Crippen molar-refractivity contribution < 1.29 is 9.53 Å². The molecule has 1 aromatic carbocycles. The van der Waals surface area contributed by atoms with Gasteiger partial charge in [-0.25, -0.2) is 0 Å². The molecule has 0 aliphatic rings. The maximum absolute atomic E-state index is 12.2. The number of nitrogens with one attached hydrogen (secondary N) is 2. The summed E-state index contributed by atoms with van der Waals surface area (Å²) in [4.78, 5) is 12.2. The van der Waals surface area contributed by atoms with Crippen molar-refractivity contribution in [2.45, 2.75) is 6.92 Å². The van der Waals surface area contributed by atoms with Crippen LogP contribution in [0.3, 0.4) is 0 Å². The van der Waals surface area contributed by atoms with Crippen LogP contribution in [0, 0.1) is 6.92 Å². The zero-order valence-corrected chi connectivity index (χ0v) is 12.7. The van der Waals surface area contributed by atoms with Gasteiger partial charge in [-0.15, -0.1) is 10.2 Å². The highest BCUT2D eigenvalue weighted by Gasteiger charge is 2.13. The van der Waals surface area contributed by atoms with E-state index in [0.717, 1.165) is 5.56 Å². The van der Waals surface area contributed by atoms with Gasteiger partial charge in [0.15, 0.2) is 5.69 Å². The molecule has 0 aliphatic heterocycles. The predicted octanol–water partition coefficient (Wildman–Crippen LogP) is 2.74. The van der Waals surface area contributed by atoms with Crippen molar-refractivity contribution >= 4 is 29.0 Å². The van der Waals surface area contributed by atoms with Crippen molar-refractivity contribution in [3.63, 3.8) is 0 Å². The van der Waals surface area contributed by atoms with Gasteiger partial charge < -0.3 is 15.4 Å². The first-order valence-electron chi connectivity index (χ1n) is 6.22. The largest absolute Gasteiger partial charge is 0.495 e. The first-order valence-corrected chi connectivity index (χ1v) is 6.60. The fourth-order valence-electron chi connectivity index (χ4n) is 1.70. The van der Waals surface area contributed by atoms with Gasteiger partial charge in [0.2, 0.25) is 0 Å². The number of hydrogen-bond donors (Lipinski definition) is 2. The molecule has 0 unspecified atom stereocenters. The average molecular weight is 307 g/mol. The quantitative estimate of drug-likeness (QED) is 0.908. The number of anilines is 2. The summed E-state index contributed by atoms with van der Waals surface area (Å²) in [6.45, 7) is 1.85. The lowest BCUT2D eigenvalue weighted by Crippen LogP contribution is -2.15. The third-order valence-electron chi connectivity index (χ3n) is 2.88. The fraction of sp³-hybridized carbons (Fsp3) is 0.214. The van der Waals surface area contributed by atoms with Crippen LogP contribution in [0.4, 0.5) is 11.5 Å². The van der Waals surface area contributed by atoms with Crippen molar-refractivity contribution in [3.05, 3.63) is 40.5 Å². The Kier molecular flexibility index (Phi) is 4.59. The van der Waals surface area contributed by atoms with Gasteiger partial charge in [0, 0.05) is 18.1 Å². The summed E-state index contributed by atoms with van der Waals surface area (Å²) in [5.41, 5.74) is 1.58. The molecule has 6 nitrogen and oxygen atoms in total. The van der Waals surface area contributed by atoms with Crippen LogP contribution in [0.5, 0.6) is 5.75 Å². The van der Waals surface area contributed by atoms with Gasteiger partial charge in [-0.3, -0.25) is 4.79 Å². The van der Waals surface area contributed by atoms with Gasteiger partial charge >= 0.3 is 0 Å². The van der Waals surface area contributed by atoms with Crippen molar-refractivity contribution in [3.8, 4) is 5.75 Å². The Morgan fingerprint density at radius 2 is 2.05 bits per heavy atom. The number of methoxy groups -OCH3 is 1. The molecule has 0 saturated heterocycles. The third kappa shape index (κ3) is 3.41. The monoisotopic (exact) mass is 306 g/mol. The second kappa shape index (κ2) is 6.41. The number of aryl methyl sites for hydroxylation is 1. The van der Waals surface area contributed by atoms with Gasteiger partial charge in [-0.05, 0) is 30.7 Å². The summed E-state index contributed by atoms with van der Waals surface area (Å²) >= 11 is 6.03. The van der Waals surface area contributed by atoms with Crippen LogP contribution in [0.15, 0.2) is 24.3 Å². The maximum atomic E-state index is 12.2. The first-order chi connectivity index (χ1) is 10.0. The van der Waals surface area contributed by atoms with E-state index in [4.69, 9.17) is 16.3 Å². The van der Waals surface area contributed by atoms with Gasteiger partial charge in [0.1, 0.15) is 11.6 Å². The van der Waals surface area contributed by atoms with E-state index in [1.807, 2.05) is 6.92 Å². The Hall–Kier alpha value is -2.34. The standard InChI is InChI=1S/C14H15ClN4O2/c1-8-6-11(12(21-3)7-9(8)15)17-14(20)10-4-5-13(16-2)19-18-10/h4-7H,1-3H3,(H,16,19)(H,17,20). The summed E-state index contributed by atoms with van der Waals surface area (Å²) in [5, 5.41) is 13.9. The van der Waals surface area contributed by atoms with Gasteiger partial charge in [-0.1, -0.05) is 11.6 Å². The minimum absolute atomic E-state index is 0.212. The molecule has 1 amide bonds. The minimum Gasteiger partial charge on any atom is -0.495 e. The highest BCUT2D eigenvalue weighted by atomic mass is 35.5. The van der Waals surface area contributed by atoms with Crippen molar-refractivity contribution in [2.24, 2.45) is 0 Å². The Morgan fingerprint density at radius 3 is 2.62 bits per heavy atom. The SMILES string of the molecule is CNc1ccc(C(=O)Nc2cc(C)c(Cl)cc2OC)nn1. The molecule has 0 bridgehead atoms. The Morgan fingerprint density at radius 1 is 1.29 bits per heavy atom. The van der Waals surface area contributed by atoms with Gasteiger partial charge in [0.05, 0.1) is 12.8 Å². The number of ether oxygens (including phenoxy) is 1. The highest BCUT2D eigenvalue weighted by molar-refractivity contribution is 6.31. The van der Waals surface area contributed by atoms with Crippen molar-refractivity contribution in [1.29, 1.82) is 0 Å². The summed E-state index contributed by atoms with van der Waals surface area (Å²) < 4.78 is 5.21. The molecule has 7 heteroatoms. The van der Waals surface area contributed by atoms with Gasteiger partial charge in [-0.2, -0.15) is 0 Å². The molecular formula is C14H15ClN4O2. The molecule has 0 aliphatic carbocycles. The smallest absolute Gasteiger partial charge is 0.276 e. The van der Waals surface area contributed by atoms with Crippen LogP contribution in [0.25, 0.3) is 0 Å². The zero-order valence-electron chi connectivity index (χ0n) is 11.9. The molecule has 1 aromatic heterocycles. The number of carbonyl (C=O) groups is 1. The third-order valence-corrected chi connectivity index (χ3v) is 3.29. The lowest BCUT2D eigenvalue weighted by molar-refractivity contribution is 0.102. The maximum Gasteiger partial charge on any atom is 0.276 e. The molecule has 1 heterocycles. The van der Waals surface area contributed by atoms with Gasteiger partial charge in [0.25, 0.3) is 5.91 Å². The number of hydrogen-bond acceptors (Lipinski definition) is 5. The molecule has 0 radical (unpaired) electrons. The van der Waals surface area contributed by atoms with E-state index in [2.05, 4.69) is 20.8 Å².